The van der Waals surface area contributed by atoms with E-state index in [4.69, 9.17) is 14.2 Å². The molecule has 0 bridgehead atoms. The van der Waals surface area contributed by atoms with Crippen molar-refractivity contribution in [2.45, 2.75) is 52.6 Å². The molecule has 0 saturated carbocycles. The Labute approximate surface area is 203 Å². The van der Waals surface area contributed by atoms with Crippen LogP contribution in [0.5, 0.6) is 17.2 Å². The van der Waals surface area contributed by atoms with Gasteiger partial charge in [-0.2, -0.15) is 0 Å². The molecule has 0 heterocycles. The number of amides is 2. The molecular formula is C27H38N2O5. The summed E-state index contributed by atoms with van der Waals surface area (Å²) in [5, 5.41) is 2.99. The molecule has 186 valence electrons. The van der Waals surface area contributed by atoms with E-state index in [1.54, 1.807) is 26.2 Å². The van der Waals surface area contributed by atoms with E-state index in [0.717, 1.165) is 16.9 Å². The van der Waals surface area contributed by atoms with Crippen LogP contribution < -0.4 is 19.5 Å². The Balaban J connectivity index is 2.22. The summed E-state index contributed by atoms with van der Waals surface area (Å²) in [7, 11) is 4.80. The SMILES string of the molecule is CC[C@@H](C(=O)NCC(C)C)N(Cc1ccc(OC)cc1)C(=O)CCc1ccc(OC)c(OC)c1. The number of ether oxygens (including phenoxy) is 3. The average Bonchev–Trinajstić information content (AvgIpc) is 2.85. The summed E-state index contributed by atoms with van der Waals surface area (Å²) < 4.78 is 15.9. The van der Waals surface area contributed by atoms with Gasteiger partial charge in [0.15, 0.2) is 11.5 Å². The first-order valence-corrected chi connectivity index (χ1v) is 11.7. The first-order valence-electron chi connectivity index (χ1n) is 11.7. The molecule has 7 nitrogen and oxygen atoms in total. The number of aryl methyl sites for hydroxylation is 1. The smallest absolute Gasteiger partial charge is 0.242 e. The highest BCUT2D eigenvalue weighted by Crippen LogP contribution is 2.28. The Kier molecular flexibility index (Phi) is 10.7. The van der Waals surface area contributed by atoms with Crippen LogP contribution in [0, 0.1) is 5.92 Å². The van der Waals surface area contributed by atoms with E-state index in [1.165, 1.54) is 0 Å². The molecule has 1 atom stereocenters. The van der Waals surface area contributed by atoms with Crippen LogP contribution in [-0.4, -0.2) is 50.6 Å². The van der Waals surface area contributed by atoms with Crippen LogP contribution in [0.3, 0.4) is 0 Å². The Morgan fingerprint density at radius 1 is 0.912 bits per heavy atom. The van der Waals surface area contributed by atoms with Gasteiger partial charge in [0, 0.05) is 19.5 Å². The van der Waals surface area contributed by atoms with Gasteiger partial charge in [0.05, 0.1) is 21.3 Å². The summed E-state index contributed by atoms with van der Waals surface area (Å²) in [6, 6.07) is 12.7. The van der Waals surface area contributed by atoms with E-state index in [2.05, 4.69) is 5.32 Å². The fraction of sp³-hybridized carbons (Fsp3) is 0.481. The molecule has 7 heteroatoms. The maximum absolute atomic E-state index is 13.4. The van der Waals surface area contributed by atoms with E-state index in [1.807, 2.05) is 63.2 Å². The molecular weight excluding hydrogens is 432 g/mol. The Hall–Kier alpha value is -3.22. The Morgan fingerprint density at radius 3 is 2.12 bits per heavy atom. The lowest BCUT2D eigenvalue weighted by atomic mass is 10.1. The lowest BCUT2D eigenvalue weighted by Gasteiger charge is -2.31. The van der Waals surface area contributed by atoms with E-state index in [0.29, 0.717) is 43.3 Å². The minimum Gasteiger partial charge on any atom is -0.497 e. The predicted molar refractivity (Wildman–Crippen MR) is 133 cm³/mol. The number of carbonyl (C=O) groups excluding carboxylic acids is 2. The third-order valence-electron chi connectivity index (χ3n) is 5.66. The minimum absolute atomic E-state index is 0.0721. The first kappa shape index (κ1) is 27.0. The van der Waals surface area contributed by atoms with Crippen LogP contribution in [0.2, 0.25) is 0 Å². The van der Waals surface area contributed by atoms with Gasteiger partial charge in [0.1, 0.15) is 11.8 Å². The highest BCUT2D eigenvalue weighted by atomic mass is 16.5. The van der Waals surface area contributed by atoms with Crippen molar-refractivity contribution < 1.29 is 23.8 Å². The monoisotopic (exact) mass is 470 g/mol. The van der Waals surface area contributed by atoms with Crippen LogP contribution in [0.15, 0.2) is 42.5 Å². The van der Waals surface area contributed by atoms with Crippen LogP contribution >= 0.6 is 0 Å². The normalized spacial score (nSPS) is 11.6. The van der Waals surface area contributed by atoms with Crippen molar-refractivity contribution >= 4 is 11.8 Å². The predicted octanol–water partition coefficient (Wildman–Crippen LogP) is 4.22. The van der Waals surface area contributed by atoms with E-state index in [-0.39, 0.29) is 18.2 Å². The lowest BCUT2D eigenvalue weighted by molar-refractivity contribution is -0.141. The van der Waals surface area contributed by atoms with Gasteiger partial charge in [-0.25, -0.2) is 0 Å². The number of methoxy groups -OCH3 is 3. The number of carbonyl (C=O) groups is 2. The number of hydrogen-bond donors (Lipinski definition) is 1. The number of nitrogens with one attached hydrogen (secondary N) is 1. The molecule has 0 fully saturated rings. The van der Waals surface area contributed by atoms with Gasteiger partial charge in [0.25, 0.3) is 0 Å². The summed E-state index contributed by atoms with van der Waals surface area (Å²) in [6.45, 7) is 6.95. The molecule has 2 rings (SSSR count). The van der Waals surface area contributed by atoms with Gasteiger partial charge in [-0.15, -0.1) is 0 Å². The lowest BCUT2D eigenvalue weighted by Crippen LogP contribution is -2.49. The second-order valence-corrected chi connectivity index (χ2v) is 8.62. The highest BCUT2D eigenvalue weighted by molar-refractivity contribution is 5.87. The van der Waals surface area contributed by atoms with E-state index < -0.39 is 6.04 Å². The van der Waals surface area contributed by atoms with Gasteiger partial charge in [-0.05, 0) is 54.2 Å². The standard InChI is InChI=1S/C27H38N2O5/c1-7-23(27(31)28-17-19(2)3)29(18-21-8-12-22(32-4)13-9-21)26(30)15-11-20-10-14-24(33-5)25(16-20)34-6/h8-10,12-14,16,19,23H,7,11,15,17-18H2,1-6H3,(H,28,31)/t23-/m0/s1. The quantitative estimate of drug-likeness (QED) is 0.474. The van der Waals surface area contributed by atoms with Gasteiger partial charge >= 0.3 is 0 Å². The number of nitrogens with zero attached hydrogens (tertiary/aromatic N) is 1. The van der Waals surface area contributed by atoms with Crippen LogP contribution in [0.1, 0.15) is 44.7 Å². The average molecular weight is 471 g/mol. The summed E-state index contributed by atoms with van der Waals surface area (Å²) in [4.78, 5) is 28.1. The number of benzene rings is 2. The number of rotatable bonds is 13. The van der Waals surface area contributed by atoms with Crippen molar-refractivity contribution in [1.82, 2.24) is 10.2 Å². The zero-order valence-corrected chi connectivity index (χ0v) is 21.2. The minimum atomic E-state index is -0.543. The molecule has 0 aromatic heterocycles. The molecule has 0 saturated heterocycles. The topological polar surface area (TPSA) is 77.1 Å². The largest absolute Gasteiger partial charge is 0.497 e. The van der Waals surface area contributed by atoms with Crippen molar-refractivity contribution in [2.24, 2.45) is 5.92 Å². The van der Waals surface area contributed by atoms with Crippen molar-refractivity contribution in [3.8, 4) is 17.2 Å². The molecule has 0 radical (unpaired) electrons. The first-order chi connectivity index (χ1) is 16.3. The molecule has 0 aliphatic rings. The second-order valence-electron chi connectivity index (χ2n) is 8.62. The van der Waals surface area contributed by atoms with Gasteiger partial charge in [-0.3, -0.25) is 9.59 Å². The summed E-state index contributed by atoms with van der Waals surface area (Å²) >= 11 is 0. The molecule has 0 aliphatic heterocycles. The molecule has 0 unspecified atom stereocenters. The Bertz CT molecular complexity index is 927. The summed E-state index contributed by atoms with van der Waals surface area (Å²) in [5.74, 6) is 2.16. The van der Waals surface area contributed by atoms with Crippen LogP contribution in [-0.2, 0) is 22.6 Å². The van der Waals surface area contributed by atoms with Crippen molar-refractivity contribution in [2.75, 3.05) is 27.9 Å². The molecule has 34 heavy (non-hydrogen) atoms. The van der Waals surface area contributed by atoms with Crippen LogP contribution in [0.4, 0.5) is 0 Å². The van der Waals surface area contributed by atoms with E-state index in [9.17, 15) is 9.59 Å². The fourth-order valence-corrected chi connectivity index (χ4v) is 3.70. The molecule has 2 aromatic carbocycles. The maximum Gasteiger partial charge on any atom is 0.242 e. The summed E-state index contributed by atoms with van der Waals surface area (Å²) in [5.41, 5.74) is 1.91. The molecule has 1 N–H and O–H groups in total. The molecule has 0 aliphatic carbocycles. The third-order valence-corrected chi connectivity index (χ3v) is 5.66. The zero-order chi connectivity index (χ0) is 25.1. The van der Waals surface area contributed by atoms with Gasteiger partial charge in [-0.1, -0.05) is 39.0 Å². The zero-order valence-electron chi connectivity index (χ0n) is 21.2. The maximum atomic E-state index is 13.4. The van der Waals surface area contributed by atoms with Gasteiger partial charge < -0.3 is 24.4 Å². The van der Waals surface area contributed by atoms with Crippen LogP contribution in [0.25, 0.3) is 0 Å². The molecule has 2 aromatic rings. The fourth-order valence-electron chi connectivity index (χ4n) is 3.70. The van der Waals surface area contributed by atoms with E-state index >= 15 is 0 Å². The van der Waals surface area contributed by atoms with Crippen molar-refractivity contribution in [3.05, 3.63) is 53.6 Å². The Morgan fingerprint density at radius 2 is 1.56 bits per heavy atom. The molecule has 0 spiro atoms. The number of hydrogen-bond acceptors (Lipinski definition) is 5. The van der Waals surface area contributed by atoms with Crippen molar-refractivity contribution in [1.29, 1.82) is 0 Å². The second kappa shape index (κ2) is 13.5. The van der Waals surface area contributed by atoms with Gasteiger partial charge in [0.2, 0.25) is 11.8 Å². The highest BCUT2D eigenvalue weighted by Gasteiger charge is 2.28. The van der Waals surface area contributed by atoms with Crippen molar-refractivity contribution in [3.63, 3.8) is 0 Å². The third kappa shape index (κ3) is 7.68. The summed E-state index contributed by atoms with van der Waals surface area (Å²) in [6.07, 6.45) is 1.34. The molecule has 2 amide bonds.